The number of benzene rings is 2. The summed E-state index contributed by atoms with van der Waals surface area (Å²) in [5.41, 5.74) is -0.925. The van der Waals surface area contributed by atoms with Crippen LogP contribution in [0.3, 0.4) is 0 Å². The van der Waals surface area contributed by atoms with Crippen molar-refractivity contribution in [1.29, 1.82) is 0 Å². The summed E-state index contributed by atoms with van der Waals surface area (Å²) in [7, 11) is 0. The second kappa shape index (κ2) is 8.42. The first-order valence-electron chi connectivity index (χ1n) is 9.98. The average molecular weight is 502 g/mol. The van der Waals surface area contributed by atoms with Gasteiger partial charge in [0.2, 0.25) is 5.91 Å². The molecule has 33 heavy (non-hydrogen) atoms. The summed E-state index contributed by atoms with van der Waals surface area (Å²) in [5, 5.41) is -1.17. The van der Waals surface area contributed by atoms with E-state index in [-0.39, 0.29) is 18.1 Å². The van der Waals surface area contributed by atoms with Crippen LogP contribution < -0.4 is 0 Å². The molecule has 2 aliphatic rings. The van der Waals surface area contributed by atoms with E-state index in [1.54, 1.807) is 17.9 Å². The van der Waals surface area contributed by atoms with E-state index < -0.39 is 44.6 Å². The van der Waals surface area contributed by atoms with Gasteiger partial charge in [0.1, 0.15) is 5.60 Å². The van der Waals surface area contributed by atoms with Crippen molar-refractivity contribution < 1.29 is 31.9 Å². The summed E-state index contributed by atoms with van der Waals surface area (Å²) in [6.07, 6.45) is -4.09. The van der Waals surface area contributed by atoms with Gasteiger partial charge in [0.15, 0.2) is 11.6 Å². The molecule has 4 rings (SSSR count). The summed E-state index contributed by atoms with van der Waals surface area (Å²) in [6.45, 7) is 2.74. The maximum atomic E-state index is 13.7. The molecule has 0 unspecified atom stereocenters. The number of fused-ring (bicyclic) bond motifs is 2. The second-order valence-electron chi connectivity index (χ2n) is 7.93. The molecule has 1 saturated heterocycles. The van der Waals surface area contributed by atoms with Gasteiger partial charge in [-0.05, 0) is 41.0 Å². The molecule has 2 aromatic carbocycles. The van der Waals surface area contributed by atoms with E-state index in [9.17, 15) is 27.2 Å². The predicted octanol–water partition coefficient (Wildman–Crippen LogP) is 5.94. The number of nitrogens with zero attached hydrogens (tertiary/aromatic N) is 1. The number of hydrogen-bond acceptors (Lipinski definition) is 3. The van der Waals surface area contributed by atoms with Gasteiger partial charge < -0.3 is 9.64 Å². The van der Waals surface area contributed by atoms with Crippen molar-refractivity contribution in [3.05, 3.63) is 74.5 Å². The Hall–Kier alpha value is -2.42. The molecule has 0 atom stereocenters. The van der Waals surface area contributed by atoms with Crippen molar-refractivity contribution >= 4 is 40.5 Å². The lowest BCUT2D eigenvalue weighted by Crippen LogP contribution is -2.61. The number of allylic oxidation sites excluding steroid dienone is 2. The Labute approximate surface area is 196 Å². The third-order valence-electron chi connectivity index (χ3n) is 5.81. The van der Waals surface area contributed by atoms with Crippen molar-refractivity contribution in [1.82, 2.24) is 4.90 Å². The highest BCUT2D eigenvalue weighted by Gasteiger charge is 2.51. The molecule has 174 valence electrons. The van der Waals surface area contributed by atoms with E-state index >= 15 is 0 Å². The fourth-order valence-corrected chi connectivity index (χ4v) is 4.58. The van der Waals surface area contributed by atoms with Gasteiger partial charge in [-0.2, -0.15) is 13.2 Å². The van der Waals surface area contributed by atoms with Crippen molar-refractivity contribution in [2.45, 2.75) is 31.7 Å². The van der Waals surface area contributed by atoms with Crippen LogP contribution in [0.1, 0.15) is 40.4 Å². The maximum absolute atomic E-state index is 13.7. The van der Waals surface area contributed by atoms with Gasteiger partial charge >= 0.3 is 6.18 Å². The molecule has 2 aromatic rings. The molecule has 0 saturated carbocycles. The van der Waals surface area contributed by atoms with Crippen LogP contribution in [-0.4, -0.2) is 35.9 Å². The summed E-state index contributed by atoms with van der Waals surface area (Å²) in [4.78, 5) is 26.2. The quantitative estimate of drug-likeness (QED) is 0.225. The first kappa shape index (κ1) is 23.7. The van der Waals surface area contributed by atoms with Gasteiger partial charge in [0.25, 0.3) is 0 Å². The minimum atomic E-state index is -4.91. The van der Waals surface area contributed by atoms with Gasteiger partial charge in [-0.1, -0.05) is 42.3 Å². The number of carbonyl (C=O) groups is 2. The first-order chi connectivity index (χ1) is 15.4. The van der Waals surface area contributed by atoms with Crippen LogP contribution in [0.15, 0.2) is 36.4 Å². The smallest absolute Gasteiger partial charge is 0.362 e. The molecule has 0 radical (unpaired) electrons. The van der Waals surface area contributed by atoms with E-state index in [0.717, 1.165) is 17.7 Å². The number of amides is 1. The number of alkyl halides is 3. The lowest BCUT2D eigenvalue weighted by atomic mass is 9.84. The third-order valence-corrected chi connectivity index (χ3v) is 6.36. The van der Waals surface area contributed by atoms with Crippen LogP contribution in [0.2, 0.25) is 10.0 Å². The van der Waals surface area contributed by atoms with E-state index in [2.05, 4.69) is 0 Å². The Balaban J connectivity index is 1.64. The summed E-state index contributed by atoms with van der Waals surface area (Å²) in [6, 6.07) is 6.12. The zero-order valence-corrected chi connectivity index (χ0v) is 18.7. The number of carbonyl (C=O) groups excluding carboxylic acids is 2. The Bertz CT molecular complexity index is 1160. The van der Waals surface area contributed by atoms with E-state index in [1.165, 1.54) is 12.1 Å². The van der Waals surface area contributed by atoms with Crippen molar-refractivity contribution in [2.75, 3.05) is 13.1 Å². The average Bonchev–Trinajstić information content (AvgIpc) is 3.12. The second-order valence-corrected chi connectivity index (χ2v) is 8.75. The molecule has 0 aromatic heterocycles. The number of ether oxygens (including phenoxy) is 1. The number of hydrogen-bond donors (Lipinski definition) is 0. The highest BCUT2D eigenvalue weighted by atomic mass is 35.5. The minimum absolute atomic E-state index is 0.00953. The van der Waals surface area contributed by atoms with Crippen molar-refractivity contribution in [3.8, 4) is 0 Å². The monoisotopic (exact) mass is 501 g/mol. The molecule has 0 N–H and O–H groups in total. The normalized spacial score (nSPS) is 17.2. The molecule has 1 amide bonds. The van der Waals surface area contributed by atoms with Crippen LogP contribution in [0, 0.1) is 5.82 Å². The molecule has 0 bridgehead atoms. The van der Waals surface area contributed by atoms with Crippen LogP contribution >= 0.6 is 23.2 Å². The van der Waals surface area contributed by atoms with Gasteiger partial charge in [-0.25, -0.2) is 4.39 Å². The van der Waals surface area contributed by atoms with Gasteiger partial charge in [0.05, 0.1) is 35.3 Å². The zero-order chi connectivity index (χ0) is 24.1. The highest BCUT2D eigenvalue weighted by Crippen LogP contribution is 2.44. The molecule has 2 aliphatic heterocycles. The molecule has 1 fully saturated rings. The van der Waals surface area contributed by atoms with Crippen LogP contribution in [0.5, 0.6) is 0 Å². The van der Waals surface area contributed by atoms with Crippen LogP contribution in [-0.2, 0) is 21.7 Å². The Morgan fingerprint density at radius 2 is 1.76 bits per heavy atom. The van der Waals surface area contributed by atoms with Crippen LogP contribution in [0.25, 0.3) is 5.57 Å². The number of rotatable bonds is 4. The number of ketones is 1. The highest BCUT2D eigenvalue weighted by molar-refractivity contribution is 6.35. The lowest BCUT2D eigenvalue weighted by Gasteiger charge is -2.47. The summed E-state index contributed by atoms with van der Waals surface area (Å²) >= 11 is 11.3. The topological polar surface area (TPSA) is 46.6 Å². The van der Waals surface area contributed by atoms with E-state index in [4.69, 9.17) is 27.9 Å². The molecule has 2 heterocycles. The molecule has 0 aliphatic carbocycles. The zero-order valence-electron chi connectivity index (χ0n) is 17.2. The molecular weight excluding hydrogens is 485 g/mol. The SMILES string of the molecule is CCC(=O)N1CC2(C1)OCc1cc(C(=O)/C=C(/c3cc(Cl)c(F)c(Cl)c3)C(F)(F)F)ccc12. The Morgan fingerprint density at radius 1 is 1.12 bits per heavy atom. The van der Waals surface area contributed by atoms with Gasteiger partial charge in [-0.3, -0.25) is 9.59 Å². The number of likely N-dealkylation sites (tertiary alicyclic amines) is 1. The van der Waals surface area contributed by atoms with Gasteiger partial charge in [-0.15, -0.1) is 0 Å². The van der Waals surface area contributed by atoms with Crippen LogP contribution in [0.4, 0.5) is 17.6 Å². The predicted molar refractivity (Wildman–Crippen MR) is 115 cm³/mol. The first-order valence-corrected chi connectivity index (χ1v) is 10.7. The Morgan fingerprint density at radius 3 is 2.33 bits per heavy atom. The molecular formula is C23H17Cl2F4NO3. The number of halogens is 6. The lowest BCUT2D eigenvalue weighted by molar-refractivity contribution is -0.168. The molecule has 10 heteroatoms. The maximum Gasteiger partial charge on any atom is 0.417 e. The summed E-state index contributed by atoms with van der Waals surface area (Å²) in [5.74, 6) is -1.92. The van der Waals surface area contributed by atoms with E-state index in [1.807, 2.05) is 0 Å². The molecule has 4 nitrogen and oxygen atoms in total. The van der Waals surface area contributed by atoms with E-state index in [0.29, 0.717) is 31.1 Å². The summed E-state index contributed by atoms with van der Waals surface area (Å²) < 4.78 is 60.6. The third kappa shape index (κ3) is 4.27. The van der Waals surface area contributed by atoms with Crippen molar-refractivity contribution in [2.24, 2.45) is 0 Å². The minimum Gasteiger partial charge on any atom is -0.362 e. The standard InChI is InChI=1S/C23H17Cl2F4NO3/c1-2-20(32)30-10-22(11-30)15-4-3-12(5-14(15)9-33-22)19(31)8-16(23(27,28)29)13-6-17(24)21(26)18(25)7-13/h3-8H,2,9-11H2,1H3/b16-8-. The fourth-order valence-electron chi connectivity index (χ4n) is 4.09. The van der Waals surface area contributed by atoms with Crippen molar-refractivity contribution in [3.63, 3.8) is 0 Å². The van der Waals surface area contributed by atoms with Gasteiger partial charge in [0, 0.05) is 12.0 Å². The largest absolute Gasteiger partial charge is 0.417 e. The Kier molecular flexibility index (Phi) is 6.05. The molecule has 1 spiro atoms. The fraction of sp³-hybridized carbons (Fsp3) is 0.304.